The van der Waals surface area contributed by atoms with Crippen LogP contribution in [-0.4, -0.2) is 47.1 Å². The SMILES string of the molecule is CC1CCc2ncnc(OC(=O)N3CCNCC3)c21. The lowest BCUT2D eigenvalue weighted by Crippen LogP contribution is -2.47. The maximum absolute atomic E-state index is 12.1. The Bertz CT molecular complexity index is 486. The Morgan fingerprint density at radius 3 is 3.00 bits per heavy atom. The highest BCUT2D eigenvalue weighted by atomic mass is 16.6. The fourth-order valence-corrected chi connectivity index (χ4v) is 2.68. The molecular weight excluding hydrogens is 244 g/mol. The van der Waals surface area contributed by atoms with Crippen LogP contribution in [-0.2, 0) is 6.42 Å². The number of nitrogens with one attached hydrogen (secondary N) is 1. The number of piperazine rings is 1. The molecule has 2 aliphatic rings. The lowest BCUT2D eigenvalue weighted by molar-refractivity contribution is 0.143. The van der Waals surface area contributed by atoms with Crippen molar-refractivity contribution in [2.45, 2.75) is 25.7 Å². The second-order valence-electron chi connectivity index (χ2n) is 5.08. The molecule has 0 bridgehead atoms. The summed E-state index contributed by atoms with van der Waals surface area (Å²) in [5.74, 6) is 0.806. The van der Waals surface area contributed by atoms with Gasteiger partial charge < -0.3 is 15.0 Å². The molecule has 1 fully saturated rings. The van der Waals surface area contributed by atoms with E-state index in [1.807, 2.05) is 0 Å². The van der Waals surface area contributed by atoms with Gasteiger partial charge in [0.15, 0.2) is 0 Å². The third kappa shape index (κ3) is 2.40. The van der Waals surface area contributed by atoms with E-state index in [0.29, 0.717) is 24.9 Å². The van der Waals surface area contributed by atoms with Crippen LogP contribution in [0.5, 0.6) is 5.88 Å². The standard InChI is InChI=1S/C13H18N4O2/c1-9-2-3-10-11(9)12(16-8-15-10)19-13(18)17-6-4-14-5-7-17/h8-9,14H,2-7H2,1H3. The van der Waals surface area contributed by atoms with Crippen molar-refractivity contribution in [2.75, 3.05) is 26.2 Å². The van der Waals surface area contributed by atoms with Gasteiger partial charge in [-0.2, -0.15) is 0 Å². The van der Waals surface area contributed by atoms with Gasteiger partial charge in [-0.05, 0) is 18.8 Å². The molecule has 0 spiro atoms. The first-order chi connectivity index (χ1) is 9.25. The number of fused-ring (bicyclic) bond motifs is 1. The molecule has 1 aromatic heterocycles. The zero-order valence-electron chi connectivity index (χ0n) is 11.1. The van der Waals surface area contributed by atoms with Crippen molar-refractivity contribution < 1.29 is 9.53 Å². The fourth-order valence-electron chi connectivity index (χ4n) is 2.68. The number of aryl methyl sites for hydroxylation is 1. The Kier molecular flexibility index (Phi) is 3.33. The number of hydrogen-bond acceptors (Lipinski definition) is 5. The van der Waals surface area contributed by atoms with Crippen molar-refractivity contribution >= 4 is 6.09 Å². The first-order valence-corrected chi connectivity index (χ1v) is 6.77. The number of carbonyl (C=O) groups is 1. The lowest BCUT2D eigenvalue weighted by atomic mass is 10.1. The largest absolute Gasteiger partial charge is 0.416 e. The van der Waals surface area contributed by atoms with Gasteiger partial charge in [-0.1, -0.05) is 6.92 Å². The Morgan fingerprint density at radius 2 is 2.21 bits per heavy atom. The van der Waals surface area contributed by atoms with E-state index >= 15 is 0 Å². The van der Waals surface area contributed by atoms with Gasteiger partial charge in [-0.25, -0.2) is 14.8 Å². The van der Waals surface area contributed by atoms with Crippen molar-refractivity contribution in [2.24, 2.45) is 0 Å². The van der Waals surface area contributed by atoms with Crippen LogP contribution >= 0.6 is 0 Å². The van der Waals surface area contributed by atoms with Crippen LogP contribution in [0.4, 0.5) is 4.79 Å². The van der Waals surface area contributed by atoms with Gasteiger partial charge in [0.1, 0.15) is 6.33 Å². The fraction of sp³-hybridized carbons (Fsp3) is 0.615. The minimum atomic E-state index is -0.304. The van der Waals surface area contributed by atoms with Crippen LogP contribution < -0.4 is 10.1 Å². The van der Waals surface area contributed by atoms with Crippen LogP contribution in [0.25, 0.3) is 0 Å². The topological polar surface area (TPSA) is 67.4 Å². The van der Waals surface area contributed by atoms with E-state index in [1.165, 1.54) is 6.33 Å². The zero-order valence-corrected chi connectivity index (χ0v) is 11.1. The molecule has 1 aliphatic heterocycles. The highest BCUT2D eigenvalue weighted by Gasteiger charge is 2.27. The molecule has 1 saturated heterocycles. The molecular formula is C13H18N4O2. The van der Waals surface area contributed by atoms with Crippen molar-refractivity contribution in [1.29, 1.82) is 0 Å². The van der Waals surface area contributed by atoms with Crippen LogP contribution in [0.2, 0.25) is 0 Å². The summed E-state index contributed by atoms with van der Waals surface area (Å²) >= 11 is 0. The summed E-state index contributed by atoms with van der Waals surface area (Å²) in [6.07, 6.45) is 3.17. The Balaban J connectivity index is 1.76. The molecule has 1 unspecified atom stereocenters. The van der Waals surface area contributed by atoms with Gasteiger partial charge in [-0.15, -0.1) is 0 Å². The predicted octanol–water partition coefficient (Wildman–Crippen LogP) is 0.930. The summed E-state index contributed by atoms with van der Waals surface area (Å²) in [6, 6.07) is 0. The number of hydrogen-bond donors (Lipinski definition) is 1. The summed E-state index contributed by atoms with van der Waals surface area (Å²) in [5.41, 5.74) is 2.02. The minimum absolute atomic E-state index is 0.304. The van der Waals surface area contributed by atoms with E-state index in [9.17, 15) is 4.79 Å². The molecule has 19 heavy (non-hydrogen) atoms. The van der Waals surface area contributed by atoms with Crippen LogP contribution in [0.3, 0.4) is 0 Å². The molecule has 2 heterocycles. The zero-order chi connectivity index (χ0) is 13.2. The quantitative estimate of drug-likeness (QED) is 0.815. The number of carbonyl (C=O) groups excluding carboxylic acids is 1. The number of rotatable bonds is 1. The number of aromatic nitrogens is 2. The highest BCUT2D eigenvalue weighted by Crippen LogP contribution is 2.36. The lowest BCUT2D eigenvalue weighted by Gasteiger charge is -2.26. The van der Waals surface area contributed by atoms with E-state index in [0.717, 1.165) is 37.2 Å². The molecule has 1 amide bonds. The van der Waals surface area contributed by atoms with E-state index in [1.54, 1.807) is 4.90 Å². The molecule has 6 heteroatoms. The van der Waals surface area contributed by atoms with Gasteiger partial charge in [0, 0.05) is 31.7 Å². The summed E-state index contributed by atoms with van der Waals surface area (Å²) in [5, 5.41) is 3.21. The van der Waals surface area contributed by atoms with Crippen LogP contribution in [0.15, 0.2) is 6.33 Å². The van der Waals surface area contributed by atoms with Crippen molar-refractivity contribution in [3.63, 3.8) is 0 Å². The average molecular weight is 262 g/mol. The first-order valence-electron chi connectivity index (χ1n) is 6.77. The maximum Gasteiger partial charge on any atom is 0.416 e. The monoisotopic (exact) mass is 262 g/mol. The summed E-state index contributed by atoms with van der Waals surface area (Å²) < 4.78 is 5.48. The second kappa shape index (κ2) is 5.13. The van der Waals surface area contributed by atoms with Crippen molar-refractivity contribution in [1.82, 2.24) is 20.2 Å². The van der Waals surface area contributed by atoms with Gasteiger partial charge in [0.25, 0.3) is 0 Å². The smallest absolute Gasteiger partial charge is 0.391 e. The van der Waals surface area contributed by atoms with Crippen LogP contribution in [0, 0.1) is 0 Å². The normalized spacial score (nSPS) is 22.2. The number of ether oxygens (including phenoxy) is 1. The first kappa shape index (κ1) is 12.3. The van der Waals surface area contributed by atoms with Gasteiger partial charge in [-0.3, -0.25) is 0 Å². The summed E-state index contributed by atoms with van der Waals surface area (Å²) in [4.78, 5) is 22.2. The molecule has 0 aromatic carbocycles. The Morgan fingerprint density at radius 1 is 1.42 bits per heavy atom. The average Bonchev–Trinajstić information content (AvgIpc) is 2.83. The van der Waals surface area contributed by atoms with Crippen molar-refractivity contribution in [3.8, 4) is 5.88 Å². The molecule has 3 rings (SSSR count). The number of nitrogens with zero attached hydrogens (tertiary/aromatic N) is 3. The third-order valence-electron chi connectivity index (χ3n) is 3.80. The molecule has 1 atom stereocenters. The third-order valence-corrected chi connectivity index (χ3v) is 3.80. The molecule has 0 radical (unpaired) electrons. The summed E-state index contributed by atoms with van der Waals surface area (Å²) in [6.45, 7) is 5.11. The molecule has 6 nitrogen and oxygen atoms in total. The van der Waals surface area contributed by atoms with E-state index in [-0.39, 0.29) is 6.09 Å². The molecule has 1 N–H and O–H groups in total. The van der Waals surface area contributed by atoms with Crippen LogP contribution in [0.1, 0.15) is 30.5 Å². The van der Waals surface area contributed by atoms with E-state index < -0.39 is 0 Å². The molecule has 0 saturated carbocycles. The molecule has 1 aliphatic carbocycles. The number of amides is 1. The van der Waals surface area contributed by atoms with Gasteiger partial charge in [0.2, 0.25) is 5.88 Å². The summed E-state index contributed by atoms with van der Waals surface area (Å²) in [7, 11) is 0. The van der Waals surface area contributed by atoms with Gasteiger partial charge in [0.05, 0.1) is 5.69 Å². The molecule has 102 valence electrons. The second-order valence-corrected chi connectivity index (χ2v) is 5.08. The Hall–Kier alpha value is -1.69. The molecule has 1 aromatic rings. The minimum Gasteiger partial charge on any atom is -0.391 e. The Labute approximate surface area is 112 Å². The highest BCUT2D eigenvalue weighted by molar-refractivity contribution is 5.71. The van der Waals surface area contributed by atoms with Crippen molar-refractivity contribution in [3.05, 3.63) is 17.6 Å². The van der Waals surface area contributed by atoms with Gasteiger partial charge >= 0.3 is 6.09 Å². The maximum atomic E-state index is 12.1. The predicted molar refractivity (Wildman–Crippen MR) is 69.2 cm³/mol. The van der Waals surface area contributed by atoms with E-state index in [4.69, 9.17) is 4.74 Å². The van der Waals surface area contributed by atoms with E-state index in [2.05, 4.69) is 22.2 Å².